The molecule has 0 bridgehead atoms. The molecule has 1 saturated heterocycles. The van der Waals surface area contributed by atoms with E-state index in [9.17, 15) is 9.59 Å². The summed E-state index contributed by atoms with van der Waals surface area (Å²) in [6.07, 6.45) is 2.46. The molecule has 0 unspecified atom stereocenters. The van der Waals surface area contributed by atoms with Gasteiger partial charge in [-0.1, -0.05) is 6.58 Å². The number of hydrogen-bond acceptors (Lipinski definition) is 2. The summed E-state index contributed by atoms with van der Waals surface area (Å²) < 4.78 is 0. The number of carbonyl (C=O) groups excluding carboxylic acids is 1. The second-order valence-electron chi connectivity index (χ2n) is 2.73. The normalized spacial score (nSPS) is 22.3. The summed E-state index contributed by atoms with van der Waals surface area (Å²) in [5, 5.41) is 8.70. The van der Waals surface area contributed by atoms with E-state index < -0.39 is 12.0 Å². The summed E-state index contributed by atoms with van der Waals surface area (Å²) in [5.74, 6) is -1.22. The number of hydrogen-bond donors (Lipinski definition) is 1. The van der Waals surface area contributed by atoms with Crippen LogP contribution in [0, 0.1) is 0 Å². The average Bonchev–Trinajstić information content (AvgIpc) is 2.50. The highest BCUT2D eigenvalue weighted by Crippen LogP contribution is 2.17. The van der Waals surface area contributed by atoms with Crippen LogP contribution in [0.25, 0.3) is 0 Å². The first-order chi connectivity index (χ1) is 5.66. The van der Waals surface area contributed by atoms with Gasteiger partial charge in [0.15, 0.2) is 0 Å². The number of likely N-dealkylation sites (tertiary alicyclic amines) is 1. The molecule has 1 aliphatic heterocycles. The van der Waals surface area contributed by atoms with Gasteiger partial charge < -0.3 is 10.0 Å². The van der Waals surface area contributed by atoms with Crippen LogP contribution in [-0.2, 0) is 9.59 Å². The SMILES string of the molecule is C=CC(=O)N1CCC[C@H]1C(=O)O. The van der Waals surface area contributed by atoms with Crippen LogP contribution in [0.1, 0.15) is 12.8 Å². The van der Waals surface area contributed by atoms with E-state index in [4.69, 9.17) is 5.11 Å². The third-order valence-corrected chi connectivity index (χ3v) is 2.00. The quantitative estimate of drug-likeness (QED) is 0.603. The second kappa shape index (κ2) is 3.38. The molecule has 0 saturated carbocycles. The van der Waals surface area contributed by atoms with Crippen molar-refractivity contribution < 1.29 is 14.7 Å². The van der Waals surface area contributed by atoms with E-state index in [1.54, 1.807) is 0 Å². The Bertz CT molecular complexity index is 224. The maximum Gasteiger partial charge on any atom is 0.326 e. The van der Waals surface area contributed by atoms with Crippen molar-refractivity contribution in [3.05, 3.63) is 12.7 Å². The van der Waals surface area contributed by atoms with Gasteiger partial charge in [0, 0.05) is 6.54 Å². The highest BCUT2D eigenvalue weighted by Gasteiger charge is 2.32. The first-order valence-electron chi connectivity index (χ1n) is 3.82. The average molecular weight is 169 g/mol. The molecular formula is C8H11NO3. The fourth-order valence-corrected chi connectivity index (χ4v) is 1.40. The van der Waals surface area contributed by atoms with E-state index >= 15 is 0 Å². The minimum absolute atomic E-state index is 0.292. The van der Waals surface area contributed by atoms with Crippen LogP contribution < -0.4 is 0 Å². The largest absolute Gasteiger partial charge is 0.480 e. The Morgan fingerprint density at radius 2 is 2.25 bits per heavy atom. The monoisotopic (exact) mass is 169 g/mol. The van der Waals surface area contributed by atoms with Gasteiger partial charge in [0.1, 0.15) is 6.04 Å². The molecule has 1 amide bonds. The van der Waals surface area contributed by atoms with Gasteiger partial charge in [0.25, 0.3) is 0 Å². The van der Waals surface area contributed by atoms with Crippen molar-refractivity contribution in [3.8, 4) is 0 Å². The molecule has 4 nitrogen and oxygen atoms in total. The van der Waals surface area contributed by atoms with Crippen LogP contribution >= 0.6 is 0 Å². The molecular weight excluding hydrogens is 158 g/mol. The number of nitrogens with zero attached hydrogens (tertiary/aromatic N) is 1. The summed E-state index contributed by atoms with van der Waals surface area (Å²) in [4.78, 5) is 23.0. The van der Waals surface area contributed by atoms with Crippen molar-refractivity contribution in [2.75, 3.05) is 6.54 Å². The first kappa shape index (κ1) is 8.77. The lowest BCUT2D eigenvalue weighted by atomic mass is 10.2. The Morgan fingerprint density at radius 1 is 1.58 bits per heavy atom. The third-order valence-electron chi connectivity index (χ3n) is 2.00. The van der Waals surface area contributed by atoms with Gasteiger partial charge >= 0.3 is 5.97 Å². The molecule has 0 spiro atoms. The van der Waals surface area contributed by atoms with Crippen molar-refractivity contribution in [3.63, 3.8) is 0 Å². The lowest BCUT2D eigenvalue weighted by Crippen LogP contribution is -2.39. The van der Waals surface area contributed by atoms with E-state index in [0.717, 1.165) is 12.5 Å². The fourth-order valence-electron chi connectivity index (χ4n) is 1.40. The Balaban J connectivity index is 2.69. The molecule has 1 aliphatic rings. The van der Waals surface area contributed by atoms with Crippen molar-refractivity contribution in [1.29, 1.82) is 0 Å². The van der Waals surface area contributed by atoms with Crippen LogP contribution in [-0.4, -0.2) is 34.5 Å². The standard InChI is InChI=1S/C8H11NO3/c1-2-7(10)9-5-3-4-6(9)8(11)12/h2,6H,1,3-5H2,(H,11,12)/t6-/m0/s1. The highest BCUT2D eigenvalue weighted by molar-refractivity contribution is 5.91. The van der Waals surface area contributed by atoms with E-state index in [1.165, 1.54) is 4.90 Å². The molecule has 1 rings (SSSR count). The summed E-state index contributed by atoms with van der Waals surface area (Å²) in [7, 11) is 0. The molecule has 1 fully saturated rings. The molecule has 4 heteroatoms. The summed E-state index contributed by atoms with van der Waals surface area (Å²) in [6, 6.07) is -0.643. The fraction of sp³-hybridized carbons (Fsp3) is 0.500. The van der Waals surface area contributed by atoms with Gasteiger partial charge in [-0.05, 0) is 18.9 Å². The van der Waals surface area contributed by atoms with Crippen molar-refractivity contribution in [1.82, 2.24) is 4.90 Å². The zero-order valence-electron chi connectivity index (χ0n) is 6.69. The zero-order valence-corrected chi connectivity index (χ0v) is 6.69. The predicted octanol–water partition coefficient (Wildman–Crippen LogP) is 0.248. The van der Waals surface area contributed by atoms with E-state index in [-0.39, 0.29) is 5.91 Å². The number of amides is 1. The van der Waals surface area contributed by atoms with Crippen molar-refractivity contribution >= 4 is 11.9 Å². The zero-order chi connectivity index (χ0) is 9.14. The maximum absolute atomic E-state index is 11.1. The Kier molecular flexibility index (Phi) is 2.47. The molecule has 66 valence electrons. The minimum atomic E-state index is -0.928. The Labute approximate surface area is 70.5 Å². The lowest BCUT2D eigenvalue weighted by Gasteiger charge is -2.18. The molecule has 0 radical (unpaired) electrons. The maximum atomic E-state index is 11.1. The van der Waals surface area contributed by atoms with E-state index in [0.29, 0.717) is 13.0 Å². The number of carboxylic acids is 1. The summed E-state index contributed by atoms with van der Waals surface area (Å²) in [5.41, 5.74) is 0. The lowest BCUT2D eigenvalue weighted by molar-refractivity contribution is -0.146. The van der Waals surface area contributed by atoms with Crippen LogP contribution in [0.5, 0.6) is 0 Å². The third kappa shape index (κ3) is 1.47. The molecule has 1 N–H and O–H groups in total. The molecule has 1 heterocycles. The molecule has 1 atom stereocenters. The van der Waals surface area contributed by atoms with Crippen molar-refractivity contribution in [2.45, 2.75) is 18.9 Å². The number of aliphatic carboxylic acids is 1. The van der Waals surface area contributed by atoms with E-state index in [2.05, 4.69) is 6.58 Å². The topological polar surface area (TPSA) is 57.6 Å². The Morgan fingerprint density at radius 3 is 2.75 bits per heavy atom. The molecule has 0 aliphatic carbocycles. The van der Waals surface area contributed by atoms with E-state index in [1.807, 2.05) is 0 Å². The van der Waals surface area contributed by atoms with Gasteiger partial charge in [0.2, 0.25) is 5.91 Å². The second-order valence-corrected chi connectivity index (χ2v) is 2.73. The first-order valence-corrected chi connectivity index (χ1v) is 3.82. The molecule has 0 aromatic heterocycles. The Hall–Kier alpha value is -1.32. The highest BCUT2D eigenvalue weighted by atomic mass is 16.4. The number of carbonyl (C=O) groups is 2. The van der Waals surface area contributed by atoms with Crippen LogP contribution in [0.4, 0.5) is 0 Å². The van der Waals surface area contributed by atoms with Crippen LogP contribution in [0.3, 0.4) is 0 Å². The minimum Gasteiger partial charge on any atom is -0.480 e. The van der Waals surface area contributed by atoms with Gasteiger partial charge in [-0.2, -0.15) is 0 Å². The van der Waals surface area contributed by atoms with Gasteiger partial charge in [-0.25, -0.2) is 4.79 Å². The predicted molar refractivity (Wildman–Crippen MR) is 42.6 cm³/mol. The van der Waals surface area contributed by atoms with Gasteiger partial charge in [-0.3, -0.25) is 4.79 Å². The van der Waals surface area contributed by atoms with Crippen molar-refractivity contribution in [2.24, 2.45) is 0 Å². The summed E-state index contributed by atoms with van der Waals surface area (Å²) in [6.45, 7) is 3.84. The van der Waals surface area contributed by atoms with Gasteiger partial charge in [0.05, 0.1) is 0 Å². The molecule has 0 aromatic rings. The van der Waals surface area contributed by atoms with Crippen LogP contribution in [0.2, 0.25) is 0 Å². The number of rotatable bonds is 2. The van der Waals surface area contributed by atoms with Crippen LogP contribution in [0.15, 0.2) is 12.7 Å². The molecule has 0 aromatic carbocycles. The smallest absolute Gasteiger partial charge is 0.326 e. The molecule has 12 heavy (non-hydrogen) atoms. The number of carboxylic acid groups (broad SMARTS) is 1. The summed E-state index contributed by atoms with van der Waals surface area (Å²) >= 11 is 0. The van der Waals surface area contributed by atoms with Gasteiger partial charge in [-0.15, -0.1) is 0 Å².